The first-order valence-corrected chi connectivity index (χ1v) is 9.14. The first-order valence-electron chi connectivity index (χ1n) is 9.14. The number of ether oxygens (including phenoxy) is 1. The van der Waals surface area contributed by atoms with Crippen LogP contribution in [0, 0.1) is 6.92 Å². The van der Waals surface area contributed by atoms with Crippen LogP contribution in [0.5, 0.6) is 5.75 Å². The van der Waals surface area contributed by atoms with Gasteiger partial charge in [-0.1, -0.05) is 31.4 Å². The number of methoxy groups -OCH3 is 1. The Balaban J connectivity index is 1.81. The van der Waals surface area contributed by atoms with E-state index in [0.29, 0.717) is 6.04 Å². The van der Waals surface area contributed by atoms with E-state index in [1.807, 2.05) is 12.1 Å². The highest BCUT2D eigenvalue weighted by Gasteiger charge is 2.19. The number of anilines is 1. The minimum Gasteiger partial charge on any atom is -0.497 e. The highest BCUT2D eigenvalue weighted by Crippen LogP contribution is 2.33. The molecule has 0 saturated heterocycles. The van der Waals surface area contributed by atoms with Gasteiger partial charge in [-0.15, -0.1) is 0 Å². The van der Waals surface area contributed by atoms with Gasteiger partial charge in [-0.25, -0.2) is 4.98 Å². The van der Waals surface area contributed by atoms with E-state index in [1.165, 1.54) is 37.7 Å². The lowest BCUT2D eigenvalue weighted by Gasteiger charge is -2.24. The fourth-order valence-corrected chi connectivity index (χ4v) is 3.70. The topological polar surface area (TPSA) is 38.6 Å². The van der Waals surface area contributed by atoms with Crippen LogP contribution in [0.2, 0.25) is 0 Å². The number of benzene rings is 1. The molecule has 0 spiro atoms. The van der Waals surface area contributed by atoms with E-state index in [1.54, 1.807) is 7.11 Å². The Hall–Kier alpha value is -2.49. The molecule has 3 aromatic rings. The molecule has 4 rings (SSSR count). The molecule has 0 atom stereocenters. The van der Waals surface area contributed by atoms with Crippen LogP contribution in [-0.2, 0) is 0 Å². The smallest absolute Gasteiger partial charge is 0.139 e. The van der Waals surface area contributed by atoms with Gasteiger partial charge < -0.3 is 10.1 Å². The summed E-state index contributed by atoms with van der Waals surface area (Å²) in [4.78, 5) is 4.93. The lowest BCUT2D eigenvalue weighted by Crippen LogP contribution is -2.23. The van der Waals surface area contributed by atoms with Crippen LogP contribution in [0.4, 0.5) is 5.82 Å². The maximum absolute atomic E-state index is 5.40. The molecule has 1 aromatic carbocycles. The molecule has 4 heteroatoms. The highest BCUT2D eigenvalue weighted by molar-refractivity contribution is 5.77. The lowest BCUT2D eigenvalue weighted by atomic mass is 9.95. The SMILES string of the molecule is COc1cccc(-c2nc3cc(C)ccn3c2NC2CCCCC2)c1. The van der Waals surface area contributed by atoms with Gasteiger partial charge in [0.25, 0.3) is 0 Å². The van der Waals surface area contributed by atoms with Crippen molar-refractivity contribution in [3.05, 3.63) is 48.2 Å². The van der Waals surface area contributed by atoms with E-state index in [-0.39, 0.29) is 0 Å². The molecule has 1 aliphatic carbocycles. The van der Waals surface area contributed by atoms with Gasteiger partial charge in [-0.05, 0) is 49.6 Å². The molecule has 0 aliphatic heterocycles. The predicted octanol–water partition coefficient (Wildman–Crippen LogP) is 5.06. The van der Waals surface area contributed by atoms with Crippen molar-refractivity contribution in [2.24, 2.45) is 0 Å². The standard InChI is InChI=1S/C21H25N3O/c1-15-11-12-24-19(13-15)23-20(16-7-6-10-18(14-16)25-2)21(24)22-17-8-4-3-5-9-17/h6-7,10-14,17,22H,3-5,8-9H2,1-2H3. The van der Waals surface area contributed by atoms with Gasteiger partial charge in [-0.3, -0.25) is 4.40 Å². The van der Waals surface area contributed by atoms with Crippen molar-refractivity contribution in [3.63, 3.8) is 0 Å². The third-order valence-electron chi connectivity index (χ3n) is 5.07. The molecular weight excluding hydrogens is 310 g/mol. The van der Waals surface area contributed by atoms with Gasteiger partial charge >= 0.3 is 0 Å². The van der Waals surface area contributed by atoms with Crippen LogP contribution in [0.25, 0.3) is 16.9 Å². The van der Waals surface area contributed by atoms with E-state index < -0.39 is 0 Å². The molecule has 1 aliphatic rings. The highest BCUT2D eigenvalue weighted by atomic mass is 16.5. The number of rotatable bonds is 4. The fourth-order valence-electron chi connectivity index (χ4n) is 3.70. The summed E-state index contributed by atoms with van der Waals surface area (Å²) in [5.74, 6) is 1.95. The number of aromatic nitrogens is 2. The summed E-state index contributed by atoms with van der Waals surface area (Å²) in [6, 6.07) is 12.9. The predicted molar refractivity (Wildman–Crippen MR) is 102 cm³/mol. The van der Waals surface area contributed by atoms with Gasteiger partial charge in [0.05, 0.1) is 7.11 Å². The summed E-state index contributed by atoms with van der Waals surface area (Å²) in [7, 11) is 1.70. The molecule has 0 amide bonds. The molecule has 1 saturated carbocycles. The maximum atomic E-state index is 5.40. The quantitative estimate of drug-likeness (QED) is 0.724. The minimum atomic E-state index is 0.527. The van der Waals surface area contributed by atoms with Crippen molar-refractivity contribution >= 4 is 11.5 Å². The molecule has 0 radical (unpaired) electrons. The van der Waals surface area contributed by atoms with E-state index in [4.69, 9.17) is 9.72 Å². The van der Waals surface area contributed by atoms with Crippen molar-refractivity contribution in [2.75, 3.05) is 12.4 Å². The van der Waals surface area contributed by atoms with Crippen molar-refractivity contribution in [3.8, 4) is 17.0 Å². The van der Waals surface area contributed by atoms with E-state index in [9.17, 15) is 0 Å². The summed E-state index contributed by atoms with van der Waals surface area (Å²) < 4.78 is 7.58. The van der Waals surface area contributed by atoms with E-state index in [2.05, 4.69) is 47.1 Å². The van der Waals surface area contributed by atoms with Gasteiger partial charge in [0.1, 0.15) is 22.9 Å². The molecule has 1 fully saturated rings. The summed E-state index contributed by atoms with van der Waals surface area (Å²) in [5, 5.41) is 3.79. The monoisotopic (exact) mass is 335 g/mol. The Morgan fingerprint density at radius 2 is 1.96 bits per heavy atom. The summed E-state index contributed by atoms with van der Waals surface area (Å²) in [5.41, 5.74) is 4.28. The molecule has 2 aromatic heterocycles. The fraction of sp³-hybridized carbons (Fsp3) is 0.381. The third-order valence-corrected chi connectivity index (χ3v) is 5.07. The maximum Gasteiger partial charge on any atom is 0.139 e. The summed E-state index contributed by atoms with van der Waals surface area (Å²) in [6.07, 6.45) is 8.55. The molecule has 130 valence electrons. The third kappa shape index (κ3) is 3.21. The second-order valence-electron chi connectivity index (χ2n) is 6.95. The number of nitrogens with one attached hydrogen (secondary N) is 1. The van der Waals surface area contributed by atoms with E-state index in [0.717, 1.165) is 28.5 Å². The second-order valence-corrected chi connectivity index (χ2v) is 6.95. The average molecular weight is 335 g/mol. The molecule has 0 unspecified atom stereocenters. The van der Waals surface area contributed by atoms with Crippen LogP contribution in [0.15, 0.2) is 42.6 Å². The zero-order valence-corrected chi connectivity index (χ0v) is 15.0. The van der Waals surface area contributed by atoms with Crippen LogP contribution in [0.3, 0.4) is 0 Å². The first-order chi connectivity index (χ1) is 12.2. The van der Waals surface area contributed by atoms with Crippen molar-refractivity contribution < 1.29 is 4.74 Å². The lowest BCUT2D eigenvalue weighted by molar-refractivity contribution is 0.415. The van der Waals surface area contributed by atoms with Gasteiger partial charge in [0.2, 0.25) is 0 Å². The van der Waals surface area contributed by atoms with Gasteiger partial charge in [0.15, 0.2) is 0 Å². The Morgan fingerprint density at radius 1 is 1.12 bits per heavy atom. The summed E-state index contributed by atoms with van der Waals surface area (Å²) >= 11 is 0. The van der Waals surface area contributed by atoms with Crippen molar-refractivity contribution in [2.45, 2.75) is 45.1 Å². The Morgan fingerprint density at radius 3 is 2.76 bits per heavy atom. The molecule has 1 N–H and O–H groups in total. The van der Waals surface area contributed by atoms with Crippen molar-refractivity contribution in [1.82, 2.24) is 9.38 Å². The number of fused-ring (bicyclic) bond motifs is 1. The number of imidazole rings is 1. The van der Waals surface area contributed by atoms with Crippen LogP contribution >= 0.6 is 0 Å². The molecule has 0 bridgehead atoms. The van der Waals surface area contributed by atoms with Crippen LogP contribution in [-0.4, -0.2) is 22.5 Å². The first kappa shape index (κ1) is 16.0. The number of pyridine rings is 1. The Kier molecular flexibility index (Phi) is 4.35. The Labute approximate surface area is 148 Å². The van der Waals surface area contributed by atoms with Crippen molar-refractivity contribution in [1.29, 1.82) is 0 Å². The molecule has 2 heterocycles. The van der Waals surface area contributed by atoms with E-state index >= 15 is 0 Å². The molecule has 4 nitrogen and oxygen atoms in total. The van der Waals surface area contributed by atoms with Gasteiger partial charge in [-0.2, -0.15) is 0 Å². The minimum absolute atomic E-state index is 0.527. The number of hydrogen-bond acceptors (Lipinski definition) is 3. The number of hydrogen-bond donors (Lipinski definition) is 1. The number of nitrogens with zero attached hydrogens (tertiary/aromatic N) is 2. The molecule has 25 heavy (non-hydrogen) atoms. The zero-order chi connectivity index (χ0) is 17.2. The largest absolute Gasteiger partial charge is 0.497 e. The van der Waals surface area contributed by atoms with Crippen LogP contribution in [0.1, 0.15) is 37.7 Å². The zero-order valence-electron chi connectivity index (χ0n) is 15.0. The molecular formula is C21H25N3O. The second kappa shape index (κ2) is 6.79. The average Bonchev–Trinajstić information content (AvgIpc) is 3.00. The van der Waals surface area contributed by atoms with Gasteiger partial charge in [0, 0.05) is 17.8 Å². The normalized spacial score (nSPS) is 15.4. The number of aryl methyl sites for hydroxylation is 1. The summed E-state index contributed by atoms with van der Waals surface area (Å²) in [6.45, 7) is 2.11. The Bertz CT molecular complexity index is 878. The van der Waals surface area contributed by atoms with Crippen LogP contribution < -0.4 is 10.1 Å².